The van der Waals surface area contributed by atoms with Crippen LogP contribution in [0, 0.1) is 28.6 Å². The van der Waals surface area contributed by atoms with E-state index in [2.05, 4.69) is 0 Å². The minimum atomic E-state index is -2.26. The number of carbonyl (C=O) groups is 2. The van der Waals surface area contributed by atoms with Gasteiger partial charge in [-0.15, -0.1) is 0 Å². The van der Waals surface area contributed by atoms with E-state index in [1.165, 1.54) is 19.1 Å². The van der Waals surface area contributed by atoms with E-state index in [-0.39, 0.29) is 24.8 Å². The second-order valence-electron chi connectivity index (χ2n) is 9.57. The molecule has 28 heavy (non-hydrogen) atoms. The summed E-state index contributed by atoms with van der Waals surface area (Å²) in [6.45, 7) is 4.67. The molecule has 5 unspecified atom stereocenters. The summed E-state index contributed by atoms with van der Waals surface area (Å²) in [4.78, 5) is 23.7. The Bertz CT molecular complexity index is 824. The lowest BCUT2D eigenvalue weighted by atomic mass is 9.44. The summed E-state index contributed by atoms with van der Waals surface area (Å²) in [5, 5.41) is 31.8. The summed E-state index contributed by atoms with van der Waals surface area (Å²) < 4.78 is 31.9. The van der Waals surface area contributed by atoms with Gasteiger partial charge in [0, 0.05) is 16.7 Å². The zero-order valence-corrected chi connectivity index (χ0v) is 16.2. The minimum absolute atomic E-state index is 0.0287. The maximum absolute atomic E-state index is 16.8. The molecule has 4 aliphatic rings. The Balaban J connectivity index is 1.88. The van der Waals surface area contributed by atoms with Gasteiger partial charge in [0.15, 0.2) is 17.1 Å². The Kier molecular flexibility index (Phi) is 3.88. The first-order valence-corrected chi connectivity index (χ1v) is 9.76. The number of hydrogen-bond donors (Lipinski definition) is 3. The molecule has 0 radical (unpaired) electrons. The van der Waals surface area contributed by atoms with Crippen LogP contribution in [0.1, 0.15) is 40.0 Å². The van der Waals surface area contributed by atoms with E-state index in [4.69, 9.17) is 0 Å². The van der Waals surface area contributed by atoms with E-state index in [9.17, 15) is 24.9 Å². The van der Waals surface area contributed by atoms with Gasteiger partial charge in [0.25, 0.3) is 0 Å². The first-order valence-electron chi connectivity index (χ1n) is 9.76. The highest BCUT2D eigenvalue weighted by molar-refractivity contribution is 6.01. The monoisotopic (exact) mass is 396 g/mol. The van der Waals surface area contributed by atoms with Gasteiger partial charge in [-0.25, -0.2) is 13.6 Å². The lowest BCUT2D eigenvalue weighted by Gasteiger charge is -2.62. The van der Waals surface area contributed by atoms with E-state index in [0.29, 0.717) is 0 Å². The SMILES string of the molecule is CC1CC2C3C[C@H](F)C4=CC(=O)C=CC4(C)[C@@]3(F)[C@@H](O)CC2(C)[C@@]1(O)C(=O)O. The molecule has 3 fully saturated rings. The topological polar surface area (TPSA) is 94.8 Å². The molecule has 4 rings (SSSR count). The average molecular weight is 396 g/mol. The van der Waals surface area contributed by atoms with Crippen molar-refractivity contribution in [1.29, 1.82) is 0 Å². The van der Waals surface area contributed by atoms with Gasteiger partial charge in [-0.05, 0) is 55.7 Å². The van der Waals surface area contributed by atoms with Gasteiger partial charge < -0.3 is 15.3 Å². The van der Waals surface area contributed by atoms with Crippen molar-refractivity contribution in [2.24, 2.45) is 28.6 Å². The summed E-state index contributed by atoms with van der Waals surface area (Å²) in [6, 6.07) is 0. The summed E-state index contributed by atoms with van der Waals surface area (Å²) >= 11 is 0. The number of alkyl halides is 2. The number of aliphatic hydroxyl groups excluding tert-OH is 1. The van der Waals surface area contributed by atoms with E-state index in [1.54, 1.807) is 13.8 Å². The van der Waals surface area contributed by atoms with Crippen LogP contribution in [-0.4, -0.2) is 50.6 Å². The van der Waals surface area contributed by atoms with Gasteiger partial charge >= 0.3 is 5.97 Å². The summed E-state index contributed by atoms with van der Waals surface area (Å²) in [6.07, 6.45) is 0.214. The summed E-state index contributed by atoms with van der Waals surface area (Å²) in [7, 11) is 0. The highest BCUT2D eigenvalue weighted by Crippen LogP contribution is 2.70. The number of halogens is 2. The molecule has 3 N–H and O–H groups in total. The third-order valence-electron chi connectivity index (χ3n) is 8.54. The maximum Gasteiger partial charge on any atom is 0.336 e. The third-order valence-corrected chi connectivity index (χ3v) is 8.54. The number of allylic oxidation sites excluding steroid dienone is 4. The summed E-state index contributed by atoms with van der Waals surface area (Å²) in [5.41, 5.74) is -7.14. The molecule has 5 nitrogen and oxygen atoms in total. The lowest BCUT2D eigenvalue weighted by molar-refractivity contribution is -0.229. The number of carboxylic acids is 1. The molecule has 0 saturated heterocycles. The van der Waals surface area contributed by atoms with Crippen LogP contribution in [0.3, 0.4) is 0 Å². The van der Waals surface area contributed by atoms with Gasteiger partial charge in [0.05, 0.1) is 6.10 Å². The maximum atomic E-state index is 16.8. The molecule has 0 aromatic rings. The van der Waals surface area contributed by atoms with E-state index in [0.717, 1.165) is 6.08 Å². The molecule has 0 aromatic heterocycles. The van der Waals surface area contributed by atoms with Crippen LogP contribution in [-0.2, 0) is 9.59 Å². The van der Waals surface area contributed by atoms with Crippen molar-refractivity contribution >= 4 is 11.8 Å². The second kappa shape index (κ2) is 5.51. The Labute approximate surface area is 162 Å². The van der Waals surface area contributed by atoms with Crippen LogP contribution in [0.5, 0.6) is 0 Å². The Hall–Kier alpha value is -1.60. The van der Waals surface area contributed by atoms with Gasteiger partial charge in [-0.1, -0.05) is 19.9 Å². The molecule has 7 heteroatoms. The van der Waals surface area contributed by atoms with Crippen molar-refractivity contribution in [3.63, 3.8) is 0 Å². The first-order chi connectivity index (χ1) is 12.8. The highest BCUT2D eigenvalue weighted by atomic mass is 19.1. The zero-order valence-electron chi connectivity index (χ0n) is 16.2. The van der Waals surface area contributed by atoms with Crippen molar-refractivity contribution in [1.82, 2.24) is 0 Å². The van der Waals surface area contributed by atoms with Crippen molar-refractivity contribution in [2.45, 2.75) is 63.6 Å². The normalized spacial score (nSPS) is 55.2. The number of fused-ring (bicyclic) bond motifs is 5. The van der Waals surface area contributed by atoms with Crippen LogP contribution in [0.15, 0.2) is 23.8 Å². The highest BCUT2D eigenvalue weighted by Gasteiger charge is 2.76. The molecule has 0 aliphatic heterocycles. The fourth-order valence-corrected chi connectivity index (χ4v) is 7.00. The Morgan fingerprint density at radius 3 is 2.50 bits per heavy atom. The molecule has 0 aromatic carbocycles. The van der Waals surface area contributed by atoms with Crippen LogP contribution >= 0.6 is 0 Å². The molecule has 0 bridgehead atoms. The van der Waals surface area contributed by atoms with E-state index >= 15 is 8.78 Å². The van der Waals surface area contributed by atoms with Crippen molar-refractivity contribution in [3.05, 3.63) is 23.8 Å². The number of rotatable bonds is 1. The molecule has 4 aliphatic carbocycles. The number of ketones is 1. The van der Waals surface area contributed by atoms with Crippen LogP contribution < -0.4 is 0 Å². The molecule has 0 heterocycles. The number of hydrogen-bond acceptors (Lipinski definition) is 4. The molecule has 3 saturated carbocycles. The quantitative estimate of drug-likeness (QED) is 0.633. The molecular weight excluding hydrogens is 370 g/mol. The Morgan fingerprint density at radius 1 is 1.25 bits per heavy atom. The van der Waals surface area contributed by atoms with Crippen molar-refractivity contribution in [3.8, 4) is 0 Å². The molecule has 0 amide bonds. The fraction of sp³-hybridized carbons (Fsp3) is 0.714. The number of aliphatic carboxylic acids is 1. The van der Waals surface area contributed by atoms with Gasteiger partial charge in [0.1, 0.15) is 6.17 Å². The first kappa shape index (κ1) is 19.7. The standard InChI is InChI=1S/C21H26F2O5/c1-10-6-12-13-8-15(22)14-7-11(24)4-5-18(14,2)20(13,23)16(25)9-19(12,3)21(10,28)17(26)27/h4-5,7,10,12-13,15-16,25,28H,6,8-9H2,1-3H3,(H,26,27)/t10?,12?,13?,15-,16-,18?,19?,20-,21-/m0/s1. The lowest BCUT2D eigenvalue weighted by Crippen LogP contribution is -2.70. The third kappa shape index (κ3) is 1.92. The number of carboxylic acid groups (broad SMARTS) is 1. The molecule has 0 spiro atoms. The average Bonchev–Trinajstić information content (AvgIpc) is 2.81. The summed E-state index contributed by atoms with van der Waals surface area (Å²) in [5.74, 6) is -4.07. The zero-order chi connectivity index (χ0) is 20.9. The molecular formula is C21H26F2O5. The number of aliphatic hydroxyl groups is 2. The van der Waals surface area contributed by atoms with Crippen molar-refractivity contribution in [2.75, 3.05) is 0 Å². The van der Waals surface area contributed by atoms with Crippen molar-refractivity contribution < 1.29 is 33.7 Å². The van der Waals surface area contributed by atoms with Gasteiger partial charge in [0.2, 0.25) is 0 Å². The van der Waals surface area contributed by atoms with Crippen LogP contribution in [0.25, 0.3) is 0 Å². The predicted octanol–water partition coefficient (Wildman–Crippen LogP) is 2.37. The predicted molar refractivity (Wildman–Crippen MR) is 95.8 cm³/mol. The number of carbonyl (C=O) groups excluding carboxylic acids is 1. The van der Waals surface area contributed by atoms with Gasteiger partial charge in [-0.3, -0.25) is 4.79 Å². The molecule has 154 valence electrons. The van der Waals surface area contributed by atoms with E-state index in [1.807, 2.05) is 0 Å². The molecule has 9 atom stereocenters. The van der Waals surface area contributed by atoms with Crippen LogP contribution in [0.4, 0.5) is 8.78 Å². The van der Waals surface area contributed by atoms with E-state index < -0.39 is 63.9 Å². The second-order valence-corrected chi connectivity index (χ2v) is 9.57. The fourth-order valence-electron chi connectivity index (χ4n) is 7.00. The minimum Gasteiger partial charge on any atom is -0.479 e. The smallest absolute Gasteiger partial charge is 0.336 e. The van der Waals surface area contributed by atoms with Gasteiger partial charge in [-0.2, -0.15) is 0 Å². The van der Waals surface area contributed by atoms with Crippen LogP contribution in [0.2, 0.25) is 0 Å². The largest absolute Gasteiger partial charge is 0.479 e. The Morgan fingerprint density at radius 2 is 1.89 bits per heavy atom.